The molecule has 2 aromatic rings. The molecule has 164 valence electrons. The molecule has 0 saturated carbocycles. The van der Waals surface area contributed by atoms with Crippen LogP contribution >= 0.6 is 0 Å². The summed E-state index contributed by atoms with van der Waals surface area (Å²) in [4.78, 5) is 12.4. The second-order valence-electron chi connectivity index (χ2n) is 7.22. The van der Waals surface area contributed by atoms with Gasteiger partial charge in [-0.25, -0.2) is 8.42 Å². The second-order valence-corrected chi connectivity index (χ2v) is 9.13. The summed E-state index contributed by atoms with van der Waals surface area (Å²) in [6.45, 7) is 6.54. The van der Waals surface area contributed by atoms with Crippen LogP contribution in [0.25, 0.3) is 0 Å². The number of rotatable bonds is 11. The number of benzene rings is 2. The van der Waals surface area contributed by atoms with Crippen LogP contribution in [0.1, 0.15) is 50.8 Å². The summed E-state index contributed by atoms with van der Waals surface area (Å²) < 4.78 is 31.6. The average Bonchev–Trinajstić information content (AvgIpc) is 2.71. The zero-order valence-corrected chi connectivity index (χ0v) is 19.0. The van der Waals surface area contributed by atoms with Crippen molar-refractivity contribution in [3.05, 3.63) is 59.7 Å². The minimum Gasteiger partial charge on any atom is -0.492 e. The molecule has 0 saturated heterocycles. The van der Waals surface area contributed by atoms with Crippen molar-refractivity contribution >= 4 is 21.6 Å². The Morgan fingerprint density at radius 3 is 2.37 bits per heavy atom. The molecule has 1 atom stereocenters. The highest BCUT2D eigenvalue weighted by Gasteiger charge is 2.21. The van der Waals surface area contributed by atoms with Gasteiger partial charge < -0.3 is 10.1 Å². The number of hydrogen-bond donors (Lipinski definition) is 1. The average molecular weight is 433 g/mol. The quantitative estimate of drug-likeness (QED) is 0.581. The van der Waals surface area contributed by atoms with Gasteiger partial charge in [-0.3, -0.25) is 9.10 Å². The van der Waals surface area contributed by atoms with Gasteiger partial charge >= 0.3 is 0 Å². The third-order valence-electron chi connectivity index (χ3n) is 4.86. The van der Waals surface area contributed by atoms with Crippen molar-refractivity contribution in [1.82, 2.24) is 5.32 Å². The molecule has 2 rings (SSSR count). The number of anilines is 1. The number of nitrogens with one attached hydrogen (secondary N) is 1. The van der Waals surface area contributed by atoms with Gasteiger partial charge in [0.15, 0.2) is 0 Å². The van der Waals surface area contributed by atoms with Crippen LogP contribution in [0.5, 0.6) is 5.75 Å². The summed E-state index contributed by atoms with van der Waals surface area (Å²) in [5.41, 5.74) is 2.79. The predicted octanol–water partition coefficient (Wildman–Crippen LogP) is 4.07. The van der Waals surface area contributed by atoms with E-state index in [4.69, 9.17) is 4.74 Å². The molecule has 0 unspecified atom stereocenters. The van der Waals surface area contributed by atoms with Crippen LogP contribution in [-0.4, -0.2) is 33.7 Å². The van der Waals surface area contributed by atoms with Gasteiger partial charge in [-0.1, -0.05) is 43.3 Å². The maximum Gasteiger partial charge on any atom is 0.232 e. The Hall–Kier alpha value is -2.54. The third-order valence-corrected chi connectivity index (χ3v) is 6.04. The highest BCUT2D eigenvalue weighted by atomic mass is 32.2. The van der Waals surface area contributed by atoms with E-state index < -0.39 is 10.0 Å². The molecule has 0 fully saturated rings. The zero-order valence-electron chi connectivity index (χ0n) is 18.2. The highest BCUT2D eigenvalue weighted by Crippen LogP contribution is 2.30. The molecule has 0 aliphatic rings. The van der Waals surface area contributed by atoms with Crippen molar-refractivity contribution in [1.29, 1.82) is 0 Å². The lowest BCUT2D eigenvalue weighted by Crippen LogP contribution is -2.33. The molecule has 0 aromatic heterocycles. The standard InChI is InChI=1S/C23H32N2O4S/c1-5-19-13-15-20(16-14-19)18(3)24-23(26)12-9-17-25(30(4,27)28)21-10-7-8-11-22(21)29-6-2/h7-8,10-11,13-16,18H,5-6,9,12,17H2,1-4H3,(H,24,26)/t18-/m0/s1. The lowest BCUT2D eigenvalue weighted by molar-refractivity contribution is -0.121. The molecule has 0 aliphatic carbocycles. The number of hydrogen-bond acceptors (Lipinski definition) is 4. The SMILES string of the molecule is CCOc1ccccc1N(CCCC(=O)N[C@@H](C)c1ccc(CC)cc1)S(C)(=O)=O. The molecule has 7 heteroatoms. The van der Waals surface area contributed by atoms with E-state index in [9.17, 15) is 13.2 Å². The van der Waals surface area contributed by atoms with E-state index >= 15 is 0 Å². The van der Waals surface area contributed by atoms with Crippen LogP contribution in [0.3, 0.4) is 0 Å². The van der Waals surface area contributed by atoms with E-state index in [2.05, 4.69) is 24.4 Å². The van der Waals surface area contributed by atoms with E-state index in [1.807, 2.05) is 26.0 Å². The minimum absolute atomic E-state index is 0.103. The number of nitrogens with zero attached hydrogens (tertiary/aromatic N) is 1. The van der Waals surface area contributed by atoms with Crippen molar-refractivity contribution in [3.8, 4) is 5.75 Å². The number of amides is 1. The largest absolute Gasteiger partial charge is 0.492 e. The fraction of sp³-hybridized carbons (Fsp3) is 0.435. The van der Waals surface area contributed by atoms with E-state index in [1.54, 1.807) is 24.3 Å². The lowest BCUT2D eigenvalue weighted by Gasteiger charge is -2.24. The normalized spacial score (nSPS) is 12.3. The third kappa shape index (κ3) is 6.76. The number of aryl methyl sites for hydroxylation is 1. The molecule has 30 heavy (non-hydrogen) atoms. The van der Waals surface area contributed by atoms with Gasteiger partial charge in [0.25, 0.3) is 0 Å². The van der Waals surface area contributed by atoms with Crippen molar-refractivity contribution in [3.63, 3.8) is 0 Å². The first-order valence-corrected chi connectivity index (χ1v) is 12.2. The van der Waals surface area contributed by atoms with Crippen molar-refractivity contribution < 1.29 is 17.9 Å². The topological polar surface area (TPSA) is 75.7 Å². The van der Waals surface area contributed by atoms with Crippen molar-refractivity contribution in [2.45, 2.75) is 46.1 Å². The fourth-order valence-corrected chi connectivity index (χ4v) is 4.20. The number of para-hydroxylation sites is 2. The van der Waals surface area contributed by atoms with Gasteiger partial charge in [0.2, 0.25) is 15.9 Å². The first-order chi connectivity index (χ1) is 14.3. The Kier molecular flexibility index (Phi) is 8.72. The van der Waals surface area contributed by atoms with Gasteiger partial charge in [0, 0.05) is 13.0 Å². The molecule has 0 heterocycles. The number of ether oxygens (including phenoxy) is 1. The summed E-state index contributed by atoms with van der Waals surface area (Å²) in [6, 6.07) is 15.1. The number of sulfonamides is 1. The molecule has 0 radical (unpaired) electrons. The summed E-state index contributed by atoms with van der Waals surface area (Å²) in [7, 11) is -3.51. The second kappa shape index (κ2) is 11.0. The fourth-order valence-electron chi connectivity index (χ4n) is 3.23. The maximum atomic E-state index is 12.4. The van der Waals surface area contributed by atoms with Crippen molar-refractivity contribution in [2.75, 3.05) is 23.7 Å². The summed E-state index contributed by atoms with van der Waals surface area (Å²) in [6.07, 6.45) is 2.78. The van der Waals surface area contributed by atoms with Gasteiger partial charge in [-0.15, -0.1) is 0 Å². The Labute approximate surface area is 180 Å². The van der Waals surface area contributed by atoms with Crippen LogP contribution in [0.2, 0.25) is 0 Å². The molecular formula is C23H32N2O4S. The van der Waals surface area contributed by atoms with Crippen LogP contribution in [0, 0.1) is 0 Å². The molecule has 6 nitrogen and oxygen atoms in total. The van der Waals surface area contributed by atoms with Gasteiger partial charge in [-0.2, -0.15) is 0 Å². The Bertz CT molecular complexity index is 926. The summed E-state index contributed by atoms with van der Waals surface area (Å²) in [5.74, 6) is 0.410. The zero-order chi connectivity index (χ0) is 22.1. The molecule has 0 aliphatic heterocycles. The molecular weight excluding hydrogens is 400 g/mol. The van der Waals surface area contributed by atoms with Gasteiger partial charge in [0.05, 0.1) is 24.6 Å². The first kappa shape index (κ1) is 23.7. The predicted molar refractivity (Wildman–Crippen MR) is 121 cm³/mol. The molecule has 2 aromatic carbocycles. The monoisotopic (exact) mass is 432 g/mol. The molecule has 0 spiro atoms. The van der Waals surface area contributed by atoms with E-state index in [0.717, 1.165) is 18.2 Å². The minimum atomic E-state index is -3.51. The number of carbonyl (C=O) groups is 1. The van der Waals surface area contributed by atoms with Crippen LogP contribution in [0.15, 0.2) is 48.5 Å². The summed E-state index contributed by atoms with van der Waals surface area (Å²) >= 11 is 0. The molecule has 0 bridgehead atoms. The van der Waals surface area contributed by atoms with Crippen LogP contribution in [0.4, 0.5) is 5.69 Å². The molecule has 1 amide bonds. The van der Waals surface area contributed by atoms with E-state index in [-0.39, 0.29) is 24.9 Å². The molecule has 1 N–H and O–H groups in total. The van der Waals surface area contributed by atoms with Gasteiger partial charge in [0.1, 0.15) is 5.75 Å². The Morgan fingerprint density at radius 1 is 1.10 bits per heavy atom. The van der Waals surface area contributed by atoms with Crippen LogP contribution in [-0.2, 0) is 21.2 Å². The lowest BCUT2D eigenvalue weighted by atomic mass is 10.0. The summed E-state index contributed by atoms with van der Waals surface area (Å²) in [5, 5.41) is 2.99. The van der Waals surface area contributed by atoms with E-state index in [1.165, 1.54) is 9.87 Å². The Balaban J connectivity index is 1.97. The number of carbonyl (C=O) groups excluding carboxylic acids is 1. The van der Waals surface area contributed by atoms with Crippen LogP contribution < -0.4 is 14.4 Å². The van der Waals surface area contributed by atoms with Crippen molar-refractivity contribution in [2.24, 2.45) is 0 Å². The first-order valence-electron chi connectivity index (χ1n) is 10.3. The maximum absolute atomic E-state index is 12.4. The van der Waals surface area contributed by atoms with E-state index in [0.29, 0.717) is 24.5 Å². The highest BCUT2D eigenvalue weighted by molar-refractivity contribution is 7.92. The van der Waals surface area contributed by atoms with Gasteiger partial charge in [-0.05, 0) is 49.9 Å². The smallest absolute Gasteiger partial charge is 0.232 e. The Morgan fingerprint density at radius 2 is 1.77 bits per heavy atom.